The Morgan fingerprint density at radius 3 is 1.23 bits per heavy atom. The molecule has 0 spiro atoms. The van der Waals surface area contributed by atoms with Crippen LogP contribution in [0.25, 0.3) is 0 Å². The van der Waals surface area contributed by atoms with Gasteiger partial charge in [-0.25, -0.2) is 0 Å². The first-order valence-corrected chi connectivity index (χ1v) is 10.4. The molecule has 0 saturated heterocycles. The maximum Gasteiger partial charge on any atom is 0.119 e. The Hall–Kier alpha value is -3.23. The lowest BCUT2D eigenvalue weighted by atomic mass is 10.0. The van der Waals surface area contributed by atoms with E-state index in [9.17, 15) is 0 Å². The number of alkyl halides is 1. The summed E-state index contributed by atoms with van der Waals surface area (Å²) in [5.74, 6) is 1.66. The van der Waals surface area contributed by atoms with Gasteiger partial charge in [-0.1, -0.05) is 84.9 Å². The minimum absolute atomic E-state index is 0.226. The van der Waals surface area contributed by atoms with Gasteiger partial charge in [-0.3, -0.25) is 0 Å². The van der Waals surface area contributed by atoms with Crippen molar-refractivity contribution in [2.24, 2.45) is 0 Å². The molecular weight excluding hydrogens is 392 g/mol. The van der Waals surface area contributed by atoms with Gasteiger partial charge in [0.05, 0.1) is 5.38 Å². The van der Waals surface area contributed by atoms with Crippen molar-refractivity contribution in [3.8, 4) is 11.5 Å². The van der Waals surface area contributed by atoms with Crippen LogP contribution in [0.2, 0.25) is 0 Å². The first-order chi connectivity index (χ1) is 14.8. The molecule has 0 aliphatic carbocycles. The maximum absolute atomic E-state index is 6.70. The predicted octanol–water partition coefficient (Wildman–Crippen LogP) is 7.17. The predicted molar refractivity (Wildman–Crippen MR) is 122 cm³/mol. The van der Waals surface area contributed by atoms with Gasteiger partial charge in [0.25, 0.3) is 0 Å². The van der Waals surface area contributed by atoms with Gasteiger partial charge in [0.1, 0.15) is 24.7 Å². The molecule has 0 radical (unpaired) electrons. The van der Waals surface area contributed by atoms with Gasteiger partial charge in [-0.15, -0.1) is 11.6 Å². The molecule has 0 unspecified atom stereocenters. The van der Waals surface area contributed by atoms with Crippen molar-refractivity contribution in [3.05, 3.63) is 131 Å². The molecular formula is C27H23ClO2. The van der Waals surface area contributed by atoms with Crippen LogP contribution < -0.4 is 9.47 Å². The summed E-state index contributed by atoms with van der Waals surface area (Å²) in [5.41, 5.74) is 4.35. The molecule has 30 heavy (non-hydrogen) atoms. The fourth-order valence-corrected chi connectivity index (χ4v) is 3.43. The number of hydrogen-bond acceptors (Lipinski definition) is 2. The summed E-state index contributed by atoms with van der Waals surface area (Å²) < 4.78 is 11.7. The molecule has 4 aromatic carbocycles. The summed E-state index contributed by atoms with van der Waals surface area (Å²) in [6.07, 6.45) is 0. The minimum atomic E-state index is -0.226. The van der Waals surface area contributed by atoms with Crippen molar-refractivity contribution < 1.29 is 9.47 Å². The molecule has 2 nitrogen and oxygen atoms in total. The van der Waals surface area contributed by atoms with E-state index in [1.54, 1.807) is 0 Å². The van der Waals surface area contributed by atoms with E-state index < -0.39 is 0 Å². The van der Waals surface area contributed by atoms with E-state index in [4.69, 9.17) is 21.1 Å². The first-order valence-electron chi connectivity index (χ1n) is 9.95. The summed E-state index contributed by atoms with van der Waals surface area (Å²) >= 11 is 6.70. The van der Waals surface area contributed by atoms with Gasteiger partial charge in [0.15, 0.2) is 0 Å². The molecule has 0 atom stereocenters. The quantitative estimate of drug-likeness (QED) is 0.284. The maximum atomic E-state index is 6.70. The summed E-state index contributed by atoms with van der Waals surface area (Å²) in [5, 5.41) is -0.226. The number of rotatable bonds is 8. The molecule has 0 fully saturated rings. The highest BCUT2D eigenvalue weighted by molar-refractivity contribution is 6.22. The fraction of sp³-hybridized carbons (Fsp3) is 0.111. The second kappa shape index (κ2) is 10.00. The zero-order valence-electron chi connectivity index (χ0n) is 16.6. The second-order valence-corrected chi connectivity index (χ2v) is 7.49. The Labute approximate surface area is 182 Å². The monoisotopic (exact) mass is 414 g/mol. The number of benzene rings is 4. The average Bonchev–Trinajstić information content (AvgIpc) is 2.83. The molecule has 3 heteroatoms. The van der Waals surface area contributed by atoms with Crippen LogP contribution in [0.15, 0.2) is 109 Å². The van der Waals surface area contributed by atoms with Crippen LogP contribution in [0.4, 0.5) is 0 Å². The van der Waals surface area contributed by atoms with Crippen LogP contribution in [-0.4, -0.2) is 0 Å². The zero-order valence-corrected chi connectivity index (χ0v) is 17.3. The first kappa shape index (κ1) is 20.1. The Morgan fingerprint density at radius 2 is 0.867 bits per heavy atom. The van der Waals surface area contributed by atoms with Gasteiger partial charge in [0, 0.05) is 0 Å². The van der Waals surface area contributed by atoms with E-state index in [1.807, 2.05) is 84.9 Å². The number of hydrogen-bond donors (Lipinski definition) is 0. The molecule has 0 aromatic heterocycles. The van der Waals surface area contributed by atoms with Crippen LogP contribution in [-0.2, 0) is 13.2 Å². The molecule has 4 aromatic rings. The third-order valence-electron chi connectivity index (χ3n) is 4.84. The molecule has 0 bridgehead atoms. The summed E-state index contributed by atoms with van der Waals surface area (Å²) in [7, 11) is 0. The smallest absolute Gasteiger partial charge is 0.119 e. The zero-order chi connectivity index (χ0) is 20.6. The molecule has 4 rings (SSSR count). The topological polar surface area (TPSA) is 18.5 Å². The summed E-state index contributed by atoms with van der Waals surface area (Å²) in [6.45, 7) is 1.10. The normalized spacial score (nSPS) is 10.7. The van der Waals surface area contributed by atoms with E-state index in [0.29, 0.717) is 13.2 Å². The minimum Gasteiger partial charge on any atom is -0.489 e. The van der Waals surface area contributed by atoms with Gasteiger partial charge in [-0.2, -0.15) is 0 Å². The van der Waals surface area contributed by atoms with Crippen molar-refractivity contribution in [2.75, 3.05) is 0 Å². The van der Waals surface area contributed by atoms with Crippen molar-refractivity contribution >= 4 is 11.6 Å². The van der Waals surface area contributed by atoms with Gasteiger partial charge < -0.3 is 9.47 Å². The number of halogens is 1. The van der Waals surface area contributed by atoms with Crippen LogP contribution in [0.3, 0.4) is 0 Å². The Balaban J connectivity index is 1.33. The van der Waals surface area contributed by atoms with Crippen molar-refractivity contribution in [1.82, 2.24) is 0 Å². The van der Waals surface area contributed by atoms with E-state index >= 15 is 0 Å². The van der Waals surface area contributed by atoms with E-state index in [0.717, 1.165) is 33.8 Å². The van der Waals surface area contributed by atoms with Crippen LogP contribution in [0.1, 0.15) is 27.6 Å². The van der Waals surface area contributed by atoms with E-state index in [2.05, 4.69) is 24.3 Å². The van der Waals surface area contributed by atoms with Crippen LogP contribution in [0, 0.1) is 0 Å². The van der Waals surface area contributed by atoms with Crippen LogP contribution in [0.5, 0.6) is 11.5 Å². The lowest BCUT2D eigenvalue weighted by Gasteiger charge is -2.13. The lowest BCUT2D eigenvalue weighted by molar-refractivity contribution is 0.306. The molecule has 0 aliphatic heterocycles. The lowest BCUT2D eigenvalue weighted by Crippen LogP contribution is -1.97. The molecule has 0 heterocycles. The molecule has 150 valence electrons. The summed E-state index contributed by atoms with van der Waals surface area (Å²) in [4.78, 5) is 0. The molecule has 0 N–H and O–H groups in total. The summed E-state index contributed by atoms with van der Waals surface area (Å²) in [6, 6.07) is 36.2. The standard InChI is InChI=1S/C27H23ClO2/c28-27(23-11-15-25(16-12-23)29-19-21-7-3-1-4-8-21)24-13-17-26(18-14-24)30-20-22-9-5-2-6-10-22/h1-18,27H,19-20H2. The van der Waals surface area contributed by atoms with Gasteiger partial charge in [-0.05, 0) is 46.5 Å². The Morgan fingerprint density at radius 1 is 0.500 bits per heavy atom. The molecule has 0 saturated carbocycles. The van der Waals surface area contributed by atoms with Gasteiger partial charge >= 0.3 is 0 Å². The number of ether oxygens (including phenoxy) is 2. The average molecular weight is 415 g/mol. The van der Waals surface area contributed by atoms with Gasteiger partial charge in [0.2, 0.25) is 0 Å². The Bertz CT molecular complexity index is 943. The fourth-order valence-electron chi connectivity index (χ4n) is 3.14. The molecule has 0 amide bonds. The van der Waals surface area contributed by atoms with Crippen molar-refractivity contribution in [2.45, 2.75) is 18.6 Å². The Kier molecular flexibility index (Phi) is 6.68. The second-order valence-electron chi connectivity index (χ2n) is 7.05. The van der Waals surface area contributed by atoms with Crippen molar-refractivity contribution in [3.63, 3.8) is 0 Å². The van der Waals surface area contributed by atoms with E-state index in [1.165, 1.54) is 0 Å². The van der Waals surface area contributed by atoms with Crippen LogP contribution >= 0.6 is 11.6 Å². The third kappa shape index (κ3) is 5.43. The highest BCUT2D eigenvalue weighted by Crippen LogP contribution is 2.31. The van der Waals surface area contributed by atoms with Crippen molar-refractivity contribution in [1.29, 1.82) is 0 Å². The third-order valence-corrected chi connectivity index (χ3v) is 5.35. The highest BCUT2D eigenvalue weighted by Gasteiger charge is 2.11. The largest absolute Gasteiger partial charge is 0.489 e. The SMILES string of the molecule is ClC(c1ccc(OCc2ccccc2)cc1)c1ccc(OCc2ccccc2)cc1. The highest BCUT2D eigenvalue weighted by atomic mass is 35.5. The van der Waals surface area contributed by atoms with E-state index in [-0.39, 0.29) is 5.38 Å². The molecule has 0 aliphatic rings.